The van der Waals surface area contributed by atoms with Gasteiger partial charge in [-0.25, -0.2) is 15.0 Å². The summed E-state index contributed by atoms with van der Waals surface area (Å²) in [4.78, 5) is 26.4. The van der Waals surface area contributed by atoms with Crippen LogP contribution in [0.5, 0.6) is 0 Å². The fourth-order valence-electron chi connectivity index (χ4n) is 2.73. The second kappa shape index (κ2) is 6.59. The van der Waals surface area contributed by atoms with Crippen LogP contribution in [-0.4, -0.2) is 51.2 Å². The van der Waals surface area contributed by atoms with Gasteiger partial charge in [-0.1, -0.05) is 0 Å². The zero-order valence-corrected chi connectivity index (χ0v) is 13.7. The number of thiazole rings is 1. The van der Waals surface area contributed by atoms with E-state index in [0.717, 1.165) is 24.5 Å². The van der Waals surface area contributed by atoms with Gasteiger partial charge in [-0.3, -0.25) is 4.79 Å². The van der Waals surface area contributed by atoms with Crippen LogP contribution < -0.4 is 10.2 Å². The third-order valence-corrected chi connectivity index (χ3v) is 4.50. The van der Waals surface area contributed by atoms with Crippen LogP contribution in [0, 0.1) is 6.92 Å². The van der Waals surface area contributed by atoms with Gasteiger partial charge >= 0.3 is 0 Å². The summed E-state index contributed by atoms with van der Waals surface area (Å²) < 4.78 is 0. The number of nitrogens with zero attached hydrogens (tertiary/aromatic N) is 4. The minimum absolute atomic E-state index is 0.198. The van der Waals surface area contributed by atoms with Crippen molar-refractivity contribution in [1.29, 1.82) is 0 Å². The molecule has 3 rings (SSSR count). The number of aryl methyl sites for hydroxylation is 1. The van der Waals surface area contributed by atoms with Crippen LogP contribution in [-0.2, 0) is 0 Å². The maximum atomic E-state index is 12.0. The Morgan fingerprint density at radius 2 is 2.35 bits per heavy atom. The summed E-state index contributed by atoms with van der Waals surface area (Å²) in [7, 11) is 0. The molecule has 7 nitrogen and oxygen atoms in total. The lowest BCUT2D eigenvalue weighted by Crippen LogP contribution is -2.54. The van der Waals surface area contributed by atoms with Crippen molar-refractivity contribution in [3.8, 4) is 0 Å². The quantitative estimate of drug-likeness (QED) is 0.867. The zero-order chi connectivity index (χ0) is 16.3. The summed E-state index contributed by atoms with van der Waals surface area (Å²) in [6, 6.07) is 1.90. The fraction of sp³-hybridized carbons (Fsp3) is 0.467. The summed E-state index contributed by atoms with van der Waals surface area (Å²) in [6.07, 6.45) is 3.01. The van der Waals surface area contributed by atoms with E-state index in [-0.39, 0.29) is 12.5 Å². The van der Waals surface area contributed by atoms with E-state index in [9.17, 15) is 9.90 Å². The van der Waals surface area contributed by atoms with Crippen molar-refractivity contribution in [2.45, 2.75) is 25.4 Å². The molecule has 0 saturated carbocycles. The molecule has 0 aliphatic carbocycles. The second-order valence-corrected chi connectivity index (χ2v) is 6.54. The van der Waals surface area contributed by atoms with Crippen LogP contribution in [0.1, 0.15) is 29.0 Å². The summed E-state index contributed by atoms with van der Waals surface area (Å²) in [5, 5.41) is 15.3. The van der Waals surface area contributed by atoms with Crippen molar-refractivity contribution in [2.75, 3.05) is 24.5 Å². The van der Waals surface area contributed by atoms with Crippen molar-refractivity contribution >= 4 is 23.1 Å². The molecule has 2 N–H and O–H groups in total. The highest BCUT2D eigenvalue weighted by Crippen LogP contribution is 2.24. The molecule has 2 aromatic rings. The number of hydrogen-bond acceptors (Lipinski definition) is 7. The first-order valence-corrected chi connectivity index (χ1v) is 8.42. The second-order valence-electron chi connectivity index (χ2n) is 5.82. The van der Waals surface area contributed by atoms with Crippen molar-refractivity contribution in [3.05, 3.63) is 34.7 Å². The zero-order valence-electron chi connectivity index (χ0n) is 12.9. The molecule has 1 aliphatic heterocycles. The highest BCUT2D eigenvalue weighted by atomic mass is 32.1. The Morgan fingerprint density at radius 3 is 3.09 bits per heavy atom. The third-order valence-electron chi connectivity index (χ3n) is 3.91. The maximum absolute atomic E-state index is 12.0. The Bertz CT molecular complexity index is 678. The standard InChI is InChI=1S/C15H19N5O2S/c1-11-5-13(18-9-17-11)20-4-2-3-15(22,8-20)7-16-14(21)12-6-23-10-19-12/h5-6,9-10,22H,2-4,7-8H2,1H3,(H,16,21). The molecule has 1 amide bonds. The highest BCUT2D eigenvalue weighted by molar-refractivity contribution is 7.07. The summed E-state index contributed by atoms with van der Waals surface area (Å²) in [6.45, 7) is 3.37. The molecular formula is C15H19N5O2S. The van der Waals surface area contributed by atoms with Gasteiger partial charge in [0.25, 0.3) is 5.91 Å². The van der Waals surface area contributed by atoms with Gasteiger partial charge in [0, 0.05) is 36.8 Å². The van der Waals surface area contributed by atoms with Crippen molar-refractivity contribution in [1.82, 2.24) is 20.3 Å². The molecular weight excluding hydrogens is 314 g/mol. The molecule has 1 fully saturated rings. The van der Waals surface area contributed by atoms with Crippen molar-refractivity contribution in [2.24, 2.45) is 0 Å². The van der Waals surface area contributed by atoms with Gasteiger partial charge in [0.1, 0.15) is 17.8 Å². The van der Waals surface area contributed by atoms with Gasteiger partial charge in [0.15, 0.2) is 0 Å². The van der Waals surface area contributed by atoms with E-state index in [2.05, 4.69) is 20.3 Å². The number of carbonyl (C=O) groups excluding carboxylic acids is 1. The molecule has 0 radical (unpaired) electrons. The first kappa shape index (κ1) is 15.8. The van der Waals surface area contributed by atoms with Crippen molar-refractivity contribution in [3.63, 3.8) is 0 Å². The Balaban J connectivity index is 1.63. The number of carbonyl (C=O) groups is 1. The molecule has 1 aliphatic rings. The first-order valence-electron chi connectivity index (χ1n) is 7.48. The molecule has 3 heterocycles. The molecule has 1 unspecified atom stereocenters. The molecule has 1 atom stereocenters. The van der Waals surface area contributed by atoms with Crippen molar-refractivity contribution < 1.29 is 9.90 Å². The molecule has 0 aromatic carbocycles. The average molecular weight is 333 g/mol. The summed E-state index contributed by atoms with van der Waals surface area (Å²) >= 11 is 1.37. The normalized spacial score (nSPS) is 21.2. The molecule has 1 saturated heterocycles. The first-order chi connectivity index (χ1) is 11.1. The van der Waals surface area contributed by atoms with E-state index < -0.39 is 5.60 Å². The average Bonchev–Trinajstić information content (AvgIpc) is 3.07. The lowest BCUT2D eigenvalue weighted by Gasteiger charge is -2.39. The minimum atomic E-state index is -0.969. The van der Waals surface area contributed by atoms with Crippen LogP contribution in [0.15, 0.2) is 23.3 Å². The van der Waals surface area contributed by atoms with Crippen LogP contribution in [0.25, 0.3) is 0 Å². The van der Waals surface area contributed by atoms with Crippen LogP contribution in [0.3, 0.4) is 0 Å². The largest absolute Gasteiger partial charge is 0.386 e. The van der Waals surface area contributed by atoms with Gasteiger partial charge in [-0.2, -0.15) is 0 Å². The van der Waals surface area contributed by atoms with E-state index in [4.69, 9.17) is 0 Å². The number of piperidine rings is 1. The highest BCUT2D eigenvalue weighted by Gasteiger charge is 2.34. The van der Waals surface area contributed by atoms with E-state index >= 15 is 0 Å². The summed E-state index contributed by atoms with van der Waals surface area (Å²) in [5.74, 6) is 0.552. The molecule has 0 bridgehead atoms. The van der Waals surface area contributed by atoms with Gasteiger partial charge < -0.3 is 15.3 Å². The molecule has 122 valence electrons. The lowest BCUT2D eigenvalue weighted by molar-refractivity contribution is 0.0254. The Kier molecular flexibility index (Phi) is 4.53. The van der Waals surface area contributed by atoms with Gasteiger partial charge in [-0.15, -0.1) is 11.3 Å². The van der Waals surface area contributed by atoms with E-state index in [1.54, 1.807) is 10.9 Å². The maximum Gasteiger partial charge on any atom is 0.270 e. The van der Waals surface area contributed by atoms with E-state index in [0.29, 0.717) is 18.7 Å². The minimum Gasteiger partial charge on any atom is -0.386 e. The number of rotatable bonds is 4. The number of aromatic nitrogens is 3. The molecule has 23 heavy (non-hydrogen) atoms. The van der Waals surface area contributed by atoms with Crippen LogP contribution in [0.4, 0.5) is 5.82 Å². The van der Waals surface area contributed by atoms with Gasteiger partial charge in [0.05, 0.1) is 11.1 Å². The number of hydrogen-bond donors (Lipinski definition) is 2. The SMILES string of the molecule is Cc1cc(N2CCCC(O)(CNC(=O)c3cscn3)C2)ncn1. The molecule has 2 aromatic heterocycles. The lowest BCUT2D eigenvalue weighted by atomic mass is 9.92. The number of nitrogens with one attached hydrogen (secondary N) is 1. The van der Waals surface area contributed by atoms with E-state index in [1.807, 2.05) is 17.9 Å². The molecule has 8 heteroatoms. The fourth-order valence-corrected chi connectivity index (χ4v) is 3.26. The number of aliphatic hydroxyl groups is 1. The Morgan fingerprint density at radius 1 is 1.48 bits per heavy atom. The number of amides is 1. The van der Waals surface area contributed by atoms with Crippen LogP contribution >= 0.6 is 11.3 Å². The van der Waals surface area contributed by atoms with Gasteiger partial charge in [-0.05, 0) is 19.8 Å². The topological polar surface area (TPSA) is 91.2 Å². The predicted octanol–water partition coefficient (Wildman–Crippen LogP) is 1.00. The third kappa shape index (κ3) is 3.83. The van der Waals surface area contributed by atoms with Crippen LogP contribution in [0.2, 0.25) is 0 Å². The Hall–Kier alpha value is -2.06. The van der Waals surface area contributed by atoms with Gasteiger partial charge in [0.2, 0.25) is 0 Å². The number of β-amino-alcohol motifs (C(OH)–C–C–N with tert-alkyl or cyclic N) is 1. The smallest absolute Gasteiger partial charge is 0.270 e. The Labute approximate surface area is 138 Å². The molecule has 0 spiro atoms. The predicted molar refractivity (Wildman–Crippen MR) is 87.6 cm³/mol. The monoisotopic (exact) mass is 333 g/mol. The number of anilines is 1. The summed E-state index contributed by atoms with van der Waals surface area (Å²) in [5.41, 5.74) is 1.92. The van der Waals surface area contributed by atoms with E-state index in [1.165, 1.54) is 17.7 Å².